The van der Waals surface area contributed by atoms with Crippen molar-refractivity contribution in [1.29, 1.82) is 0 Å². The zero-order chi connectivity index (χ0) is 23.0. The van der Waals surface area contributed by atoms with Crippen molar-refractivity contribution in [2.24, 2.45) is 0 Å². The molecule has 3 heterocycles. The quantitative estimate of drug-likeness (QED) is 0.305. The first kappa shape index (κ1) is 23.1. The molecule has 2 aromatic rings. The molecule has 1 aliphatic heterocycles. The average molecular weight is 444 g/mol. The van der Waals surface area contributed by atoms with Gasteiger partial charge in [-0.2, -0.15) is 0 Å². The van der Waals surface area contributed by atoms with Crippen LogP contribution in [0.4, 0.5) is 0 Å². The lowest BCUT2D eigenvalue weighted by Crippen LogP contribution is -2.60. The summed E-state index contributed by atoms with van der Waals surface area (Å²) in [6.07, 6.45) is 7.19. The van der Waals surface area contributed by atoms with E-state index in [4.69, 9.17) is 0 Å². The Bertz CT molecular complexity index is 914. The van der Waals surface area contributed by atoms with Gasteiger partial charge in [-0.25, -0.2) is 9.97 Å². The van der Waals surface area contributed by atoms with Gasteiger partial charge >= 0.3 is 0 Å². The molecular weight excluding hydrogens is 416 g/mol. The van der Waals surface area contributed by atoms with Crippen molar-refractivity contribution in [3.63, 3.8) is 0 Å². The van der Waals surface area contributed by atoms with Gasteiger partial charge in [0.25, 0.3) is 0 Å². The van der Waals surface area contributed by atoms with E-state index < -0.39 is 23.4 Å². The minimum atomic E-state index is -1.25. The summed E-state index contributed by atoms with van der Waals surface area (Å²) in [4.78, 5) is 63.7. The number of imidazole rings is 2. The summed E-state index contributed by atoms with van der Waals surface area (Å²) >= 11 is 0. The van der Waals surface area contributed by atoms with Crippen molar-refractivity contribution in [3.05, 3.63) is 36.4 Å². The normalized spacial score (nSPS) is 24.5. The maximum atomic E-state index is 12.6. The summed E-state index contributed by atoms with van der Waals surface area (Å²) < 4.78 is 0. The number of carbonyl (C=O) groups is 4. The van der Waals surface area contributed by atoms with Gasteiger partial charge in [0.05, 0.1) is 12.7 Å². The fourth-order valence-corrected chi connectivity index (χ4v) is 3.59. The molecule has 1 fully saturated rings. The van der Waals surface area contributed by atoms with Crippen LogP contribution in [0.1, 0.15) is 37.1 Å². The van der Waals surface area contributed by atoms with Crippen molar-refractivity contribution in [1.82, 2.24) is 41.2 Å². The van der Waals surface area contributed by atoms with Crippen LogP contribution < -0.4 is 21.3 Å². The fraction of sp³-hybridized carbons (Fsp3) is 0.500. The van der Waals surface area contributed by atoms with E-state index in [1.165, 1.54) is 12.7 Å². The number of aromatic nitrogens is 4. The van der Waals surface area contributed by atoms with E-state index in [1.54, 1.807) is 12.4 Å². The van der Waals surface area contributed by atoms with Crippen molar-refractivity contribution in [2.45, 2.75) is 43.7 Å². The fourth-order valence-electron chi connectivity index (χ4n) is 3.59. The molecule has 0 bridgehead atoms. The predicted molar refractivity (Wildman–Crippen MR) is 113 cm³/mol. The largest absolute Gasteiger partial charge is 0.354 e. The second kappa shape index (κ2) is 10.7. The van der Waals surface area contributed by atoms with E-state index in [0.29, 0.717) is 17.7 Å². The van der Waals surface area contributed by atoms with Crippen LogP contribution in [0.25, 0.3) is 0 Å². The van der Waals surface area contributed by atoms with Gasteiger partial charge < -0.3 is 36.0 Å². The number of hydrogen-bond acceptors (Lipinski definition) is 7. The monoisotopic (exact) mass is 444 g/mol. The van der Waals surface area contributed by atoms with E-state index in [1.807, 2.05) is 6.92 Å². The molecule has 3 atom stereocenters. The third-order valence-electron chi connectivity index (χ3n) is 5.57. The maximum Gasteiger partial charge on any atom is 0.242 e. The number of nitrogens with zero attached hydrogens (tertiary/aromatic N) is 2. The molecule has 32 heavy (non-hydrogen) atoms. The summed E-state index contributed by atoms with van der Waals surface area (Å²) in [5.41, 5.74) is 0.135. The van der Waals surface area contributed by atoms with E-state index in [2.05, 4.69) is 41.2 Å². The molecule has 0 unspecified atom stereocenters. The first-order valence-electron chi connectivity index (χ1n) is 10.4. The molecular formula is C20H28N8O4. The van der Waals surface area contributed by atoms with Gasteiger partial charge in [0.1, 0.15) is 17.9 Å². The Balaban J connectivity index is 1.73. The first-order chi connectivity index (χ1) is 15.4. The lowest BCUT2D eigenvalue weighted by atomic mass is 9.83. The van der Waals surface area contributed by atoms with Crippen LogP contribution in [0.5, 0.6) is 0 Å². The smallest absolute Gasteiger partial charge is 0.242 e. The van der Waals surface area contributed by atoms with Gasteiger partial charge in [0.15, 0.2) is 0 Å². The van der Waals surface area contributed by atoms with E-state index >= 15 is 0 Å². The molecule has 172 valence electrons. The summed E-state index contributed by atoms with van der Waals surface area (Å²) in [6.45, 7) is 2.24. The van der Waals surface area contributed by atoms with Gasteiger partial charge in [-0.3, -0.25) is 14.4 Å². The van der Waals surface area contributed by atoms with Crippen LogP contribution in [-0.2, 0) is 25.6 Å². The lowest BCUT2D eigenvalue weighted by Gasteiger charge is -2.35. The van der Waals surface area contributed by atoms with Crippen LogP contribution in [0.3, 0.4) is 0 Å². The molecule has 6 N–H and O–H groups in total. The van der Waals surface area contributed by atoms with Crippen molar-refractivity contribution >= 4 is 24.0 Å². The number of rotatable bonds is 5. The van der Waals surface area contributed by atoms with Crippen LogP contribution in [0, 0.1) is 0 Å². The van der Waals surface area contributed by atoms with Gasteiger partial charge in [-0.05, 0) is 0 Å². The van der Waals surface area contributed by atoms with E-state index in [0.717, 1.165) is 0 Å². The topological polar surface area (TPSA) is 174 Å². The highest BCUT2D eigenvalue weighted by Gasteiger charge is 2.39. The average Bonchev–Trinajstić information content (AvgIpc) is 3.48. The summed E-state index contributed by atoms with van der Waals surface area (Å²) in [6, 6.07) is -0.802. The molecule has 12 heteroatoms. The highest BCUT2D eigenvalue weighted by atomic mass is 16.2. The van der Waals surface area contributed by atoms with Gasteiger partial charge in [0.2, 0.25) is 17.7 Å². The minimum Gasteiger partial charge on any atom is -0.354 e. The van der Waals surface area contributed by atoms with Gasteiger partial charge in [0, 0.05) is 68.6 Å². The van der Waals surface area contributed by atoms with Crippen molar-refractivity contribution in [3.8, 4) is 0 Å². The Morgan fingerprint density at radius 1 is 1.09 bits per heavy atom. The number of hydrogen-bond donors (Lipinski definition) is 6. The SMILES string of the molecule is C[C@@H](c1cnc[nH]1)[C@]1(C=O)CNCCC(=O)N[C@@H](Cc2cnc[nH]2)C(=O)NCCC(=O)N1. The predicted octanol–water partition coefficient (Wildman–Crippen LogP) is -1.48. The molecule has 1 aliphatic rings. The molecule has 0 aliphatic carbocycles. The molecule has 1 saturated heterocycles. The molecule has 12 nitrogen and oxygen atoms in total. The Morgan fingerprint density at radius 2 is 1.84 bits per heavy atom. The second-order valence-corrected chi connectivity index (χ2v) is 7.80. The van der Waals surface area contributed by atoms with Gasteiger partial charge in [-0.15, -0.1) is 0 Å². The Labute approximate surface area is 184 Å². The number of nitrogens with one attached hydrogen (secondary N) is 6. The zero-order valence-electron chi connectivity index (χ0n) is 17.8. The standard InChI is InChI=1S/C20H28N8O4/c1-13(16-8-23-12-26-16)20(10-29)9-21-4-2-17(30)27-15(6-14-7-22-11-25-14)19(32)24-5-3-18(31)28-20/h7-8,10-13,15,21H,2-6,9H2,1H3,(H,22,25)(H,23,26)(H,24,32)(H,27,30)(H,28,31)/t13-,15-,20+/m0/s1. The molecule has 3 rings (SSSR count). The summed E-state index contributed by atoms with van der Waals surface area (Å²) in [5, 5.41) is 11.3. The molecule has 0 radical (unpaired) electrons. The third-order valence-corrected chi connectivity index (χ3v) is 5.57. The van der Waals surface area contributed by atoms with Crippen LogP contribution in [0.2, 0.25) is 0 Å². The Kier molecular flexibility index (Phi) is 7.71. The molecule has 0 saturated carbocycles. The number of aromatic amines is 2. The molecule has 0 spiro atoms. The summed E-state index contributed by atoms with van der Waals surface area (Å²) in [5.74, 6) is -1.50. The third kappa shape index (κ3) is 5.78. The Hall–Kier alpha value is -3.54. The molecule has 2 aromatic heterocycles. The molecule has 3 amide bonds. The van der Waals surface area contributed by atoms with Crippen molar-refractivity contribution < 1.29 is 19.2 Å². The van der Waals surface area contributed by atoms with Crippen LogP contribution in [-0.4, -0.2) is 75.2 Å². The van der Waals surface area contributed by atoms with E-state index in [-0.39, 0.29) is 50.7 Å². The number of carbonyl (C=O) groups excluding carboxylic acids is 4. The number of H-pyrrole nitrogens is 2. The van der Waals surface area contributed by atoms with E-state index in [9.17, 15) is 19.2 Å². The lowest BCUT2D eigenvalue weighted by molar-refractivity contribution is -0.130. The first-order valence-corrected chi connectivity index (χ1v) is 10.4. The zero-order valence-corrected chi connectivity index (χ0v) is 17.8. The number of aldehydes is 1. The second-order valence-electron chi connectivity index (χ2n) is 7.80. The highest BCUT2D eigenvalue weighted by molar-refractivity contribution is 5.88. The Morgan fingerprint density at radius 3 is 2.53 bits per heavy atom. The summed E-state index contributed by atoms with van der Waals surface area (Å²) in [7, 11) is 0. The van der Waals surface area contributed by atoms with Crippen LogP contribution in [0.15, 0.2) is 25.0 Å². The van der Waals surface area contributed by atoms with Gasteiger partial charge in [-0.1, -0.05) is 6.92 Å². The molecule has 0 aromatic carbocycles. The highest BCUT2D eigenvalue weighted by Crippen LogP contribution is 2.25. The number of amides is 3. The van der Waals surface area contributed by atoms with Crippen molar-refractivity contribution in [2.75, 3.05) is 19.6 Å². The minimum absolute atomic E-state index is 0.0260. The van der Waals surface area contributed by atoms with Crippen LogP contribution >= 0.6 is 0 Å². The maximum absolute atomic E-state index is 12.6.